The predicted molar refractivity (Wildman–Crippen MR) is 76.5 cm³/mol. The number of hydrogen-bond donors (Lipinski definition) is 1. The third kappa shape index (κ3) is 2.55. The fraction of sp³-hybridized carbons (Fsp3) is 0.357. The van der Waals surface area contributed by atoms with Crippen LogP contribution >= 0.6 is 11.6 Å². The second-order valence-electron chi connectivity index (χ2n) is 4.96. The molecule has 0 saturated carbocycles. The van der Waals surface area contributed by atoms with Crippen LogP contribution in [0.1, 0.15) is 16.8 Å². The zero-order valence-corrected chi connectivity index (χ0v) is 12.4. The molecule has 0 bridgehead atoms. The van der Waals surface area contributed by atoms with E-state index in [9.17, 15) is 13.2 Å². The first-order chi connectivity index (χ1) is 10.4. The van der Waals surface area contributed by atoms with Crippen molar-refractivity contribution in [2.45, 2.75) is 19.2 Å². The fourth-order valence-electron chi connectivity index (χ4n) is 2.52. The summed E-state index contributed by atoms with van der Waals surface area (Å²) in [5.41, 5.74) is 1.10. The minimum atomic E-state index is -4.43. The van der Waals surface area contributed by atoms with Crippen LogP contribution in [0.4, 0.5) is 19.0 Å². The van der Waals surface area contributed by atoms with Gasteiger partial charge in [-0.25, -0.2) is 4.68 Å². The Labute approximate surface area is 129 Å². The Bertz CT molecular complexity index is 712. The van der Waals surface area contributed by atoms with Gasteiger partial charge in [0.05, 0.1) is 28.6 Å². The van der Waals surface area contributed by atoms with Crippen LogP contribution in [0.2, 0.25) is 5.02 Å². The van der Waals surface area contributed by atoms with Gasteiger partial charge in [0, 0.05) is 19.2 Å². The summed E-state index contributed by atoms with van der Waals surface area (Å²) in [4.78, 5) is 0. The van der Waals surface area contributed by atoms with Crippen molar-refractivity contribution in [1.82, 2.24) is 9.78 Å². The highest BCUT2D eigenvalue weighted by atomic mass is 35.5. The van der Waals surface area contributed by atoms with E-state index >= 15 is 0 Å². The van der Waals surface area contributed by atoms with E-state index in [-0.39, 0.29) is 10.7 Å². The molecule has 1 aliphatic heterocycles. The number of halogens is 4. The summed E-state index contributed by atoms with van der Waals surface area (Å²) in [6.07, 6.45) is -3.68. The third-order valence-electron chi connectivity index (χ3n) is 3.52. The highest BCUT2D eigenvalue weighted by molar-refractivity contribution is 6.32. The molecule has 3 rings (SSSR count). The number of benzene rings is 1. The summed E-state index contributed by atoms with van der Waals surface area (Å²) < 4.78 is 45.2. The van der Waals surface area contributed by atoms with Crippen molar-refractivity contribution < 1.29 is 17.9 Å². The van der Waals surface area contributed by atoms with Crippen LogP contribution in [0.5, 0.6) is 0 Å². The number of nitrogens with zero attached hydrogens (tertiary/aromatic N) is 2. The van der Waals surface area contributed by atoms with Gasteiger partial charge in [0.2, 0.25) is 0 Å². The second kappa shape index (κ2) is 5.48. The molecule has 2 heterocycles. The molecule has 1 N–H and O–H groups in total. The van der Waals surface area contributed by atoms with Crippen LogP contribution in [0, 0.1) is 0 Å². The summed E-state index contributed by atoms with van der Waals surface area (Å²) in [5, 5.41) is 7.69. The molecule has 1 aromatic carbocycles. The molecule has 0 spiro atoms. The Morgan fingerprint density at radius 3 is 2.86 bits per heavy atom. The Morgan fingerprint density at radius 1 is 1.41 bits per heavy atom. The van der Waals surface area contributed by atoms with Crippen molar-refractivity contribution in [3.05, 3.63) is 40.0 Å². The molecule has 118 valence electrons. The van der Waals surface area contributed by atoms with Crippen molar-refractivity contribution in [3.63, 3.8) is 0 Å². The highest BCUT2D eigenvalue weighted by Gasteiger charge is 2.32. The Morgan fingerprint density at radius 2 is 2.18 bits per heavy atom. The van der Waals surface area contributed by atoms with Crippen LogP contribution in [0.25, 0.3) is 5.69 Å². The molecule has 0 atom stereocenters. The largest absolute Gasteiger partial charge is 0.416 e. The number of alkyl halides is 3. The summed E-state index contributed by atoms with van der Waals surface area (Å²) >= 11 is 6.08. The van der Waals surface area contributed by atoms with Crippen molar-refractivity contribution in [1.29, 1.82) is 0 Å². The number of aromatic nitrogens is 2. The summed E-state index contributed by atoms with van der Waals surface area (Å²) in [7, 11) is 1.55. The van der Waals surface area contributed by atoms with Crippen molar-refractivity contribution >= 4 is 17.4 Å². The van der Waals surface area contributed by atoms with Gasteiger partial charge in [-0.1, -0.05) is 11.6 Å². The van der Waals surface area contributed by atoms with Crippen LogP contribution in [-0.2, 0) is 23.9 Å². The highest BCUT2D eigenvalue weighted by Crippen LogP contribution is 2.36. The normalized spacial score (nSPS) is 14.0. The summed E-state index contributed by atoms with van der Waals surface area (Å²) in [5.74, 6) is 0.674. The molecular formula is C14H13ClF3N3O. The second-order valence-corrected chi connectivity index (χ2v) is 5.37. The van der Waals surface area contributed by atoms with Gasteiger partial charge in [0.25, 0.3) is 0 Å². The van der Waals surface area contributed by atoms with Crippen LogP contribution in [-0.4, -0.2) is 23.4 Å². The van der Waals surface area contributed by atoms with E-state index in [1.165, 1.54) is 10.7 Å². The number of fused-ring (bicyclic) bond motifs is 1. The van der Waals surface area contributed by atoms with Crippen LogP contribution < -0.4 is 5.32 Å². The minimum absolute atomic E-state index is 0.199. The topological polar surface area (TPSA) is 39.1 Å². The third-order valence-corrected chi connectivity index (χ3v) is 3.84. The van der Waals surface area contributed by atoms with E-state index in [1.54, 1.807) is 7.11 Å². The van der Waals surface area contributed by atoms with E-state index in [0.29, 0.717) is 24.7 Å². The zero-order valence-electron chi connectivity index (χ0n) is 11.7. The average molecular weight is 332 g/mol. The van der Waals surface area contributed by atoms with Crippen LogP contribution in [0.15, 0.2) is 18.2 Å². The van der Waals surface area contributed by atoms with Gasteiger partial charge in [-0.15, -0.1) is 0 Å². The SMILES string of the molecule is COCc1nn(-c2cc(C(F)(F)F)ccc2Cl)c2c1CCN2. The molecule has 1 aromatic heterocycles. The molecule has 0 saturated heterocycles. The first kappa shape index (κ1) is 15.2. The fourth-order valence-corrected chi connectivity index (χ4v) is 2.72. The smallest absolute Gasteiger partial charge is 0.378 e. The number of ether oxygens (including phenoxy) is 1. The number of anilines is 1. The van der Waals surface area contributed by atoms with Gasteiger partial charge in [0.15, 0.2) is 0 Å². The molecule has 1 aliphatic rings. The molecule has 0 fully saturated rings. The molecular weight excluding hydrogens is 319 g/mol. The maximum Gasteiger partial charge on any atom is 0.416 e. The number of hydrogen-bond acceptors (Lipinski definition) is 3. The van der Waals surface area contributed by atoms with Crippen molar-refractivity contribution in [2.75, 3.05) is 19.0 Å². The number of rotatable bonds is 3. The van der Waals surface area contributed by atoms with Gasteiger partial charge in [-0.2, -0.15) is 18.3 Å². The summed E-state index contributed by atoms with van der Waals surface area (Å²) in [6, 6.07) is 3.20. The average Bonchev–Trinajstić information content (AvgIpc) is 3.02. The molecule has 0 amide bonds. The molecule has 0 aliphatic carbocycles. The molecule has 0 radical (unpaired) electrons. The lowest BCUT2D eigenvalue weighted by molar-refractivity contribution is -0.137. The maximum absolute atomic E-state index is 12.9. The Hall–Kier alpha value is -1.73. The predicted octanol–water partition coefficient (Wildman–Crippen LogP) is 3.66. The molecule has 2 aromatic rings. The molecule has 8 heteroatoms. The van der Waals surface area contributed by atoms with E-state index in [2.05, 4.69) is 10.4 Å². The zero-order chi connectivity index (χ0) is 15.9. The number of nitrogens with one attached hydrogen (secondary N) is 1. The molecule has 4 nitrogen and oxygen atoms in total. The lowest BCUT2D eigenvalue weighted by Crippen LogP contribution is -2.09. The first-order valence-corrected chi connectivity index (χ1v) is 7.00. The number of methoxy groups -OCH3 is 1. The van der Waals surface area contributed by atoms with Gasteiger partial charge >= 0.3 is 6.18 Å². The Balaban J connectivity index is 2.14. The van der Waals surface area contributed by atoms with Gasteiger partial charge in [-0.3, -0.25) is 0 Å². The van der Waals surface area contributed by atoms with E-state index < -0.39 is 11.7 Å². The minimum Gasteiger partial charge on any atom is -0.378 e. The lowest BCUT2D eigenvalue weighted by atomic mass is 10.2. The first-order valence-electron chi connectivity index (χ1n) is 6.62. The van der Waals surface area contributed by atoms with Gasteiger partial charge in [-0.05, 0) is 24.6 Å². The quantitative estimate of drug-likeness (QED) is 0.933. The summed E-state index contributed by atoms with van der Waals surface area (Å²) in [6.45, 7) is 1.01. The van der Waals surface area contributed by atoms with E-state index in [1.807, 2.05) is 0 Å². The Kier molecular flexibility index (Phi) is 3.78. The van der Waals surface area contributed by atoms with E-state index in [4.69, 9.17) is 16.3 Å². The lowest BCUT2D eigenvalue weighted by Gasteiger charge is -2.12. The van der Waals surface area contributed by atoms with E-state index in [0.717, 1.165) is 24.1 Å². The van der Waals surface area contributed by atoms with Gasteiger partial charge in [0.1, 0.15) is 5.82 Å². The van der Waals surface area contributed by atoms with Crippen LogP contribution in [0.3, 0.4) is 0 Å². The molecule has 0 unspecified atom stereocenters. The van der Waals surface area contributed by atoms with Gasteiger partial charge < -0.3 is 10.1 Å². The monoisotopic (exact) mass is 331 g/mol. The maximum atomic E-state index is 12.9. The van der Waals surface area contributed by atoms with Crippen molar-refractivity contribution in [2.24, 2.45) is 0 Å². The molecule has 22 heavy (non-hydrogen) atoms. The van der Waals surface area contributed by atoms with Crippen molar-refractivity contribution in [3.8, 4) is 5.69 Å². The standard InChI is InChI=1S/C14H13ClF3N3O/c1-22-7-11-9-4-5-19-13(9)21(20-11)12-6-8(14(16,17)18)2-3-10(12)15/h2-3,6,19H,4-5,7H2,1H3.